The zero-order chi connectivity index (χ0) is 3.58. The molecular formula is C2H14BrNaO6. The summed E-state index contributed by atoms with van der Waals surface area (Å²) in [7, 11) is 0. The van der Waals surface area contributed by atoms with Crippen molar-refractivity contribution in [1.29, 1.82) is 0 Å². The minimum atomic E-state index is -0.833. The number of hydrogen-bond donors (Lipinski definition) is 1. The molecule has 8 heteroatoms. The average molecular weight is 237 g/mol. The van der Waals surface area contributed by atoms with Crippen LogP contribution in [0.2, 0.25) is 0 Å². The fraction of sp³-hybridized carbons (Fsp3) is 0.500. The van der Waals surface area contributed by atoms with E-state index in [1.807, 2.05) is 0 Å². The van der Waals surface area contributed by atoms with Crippen molar-refractivity contribution in [2.45, 2.75) is 6.92 Å². The fourth-order valence-corrected chi connectivity index (χ4v) is 0. The molecule has 6 nitrogen and oxygen atoms in total. The number of aliphatic carboxylic acids is 1. The Kier molecular flexibility index (Phi) is 379. The Morgan fingerprint density at radius 3 is 1.20 bits per heavy atom. The molecule has 0 aliphatic carbocycles. The van der Waals surface area contributed by atoms with Crippen LogP contribution in [-0.2, 0) is 4.79 Å². The third-order valence-electron chi connectivity index (χ3n) is 0. The summed E-state index contributed by atoms with van der Waals surface area (Å²) in [6, 6.07) is 0. The van der Waals surface area contributed by atoms with Gasteiger partial charge in [0.15, 0.2) is 0 Å². The summed E-state index contributed by atoms with van der Waals surface area (Å²) in [5.74, 6) is -0.833. The van der Waals surface area contributed by atoms with Crippen molar-refractivity contribution < 1.29 is 62.8 Å². The molecule has 0 aromatic rings. The van der Waals surface area contributed by atoms with Gasteiger partial charge in [0, 0.05) is 6.92 Å². The van der Waals surface area contributed by atoms with Crippen molar-refractivity contribution in [1.82, 2.24) is 0 Å². The van der Waals surface area contributed by atoms with Crippen LogP contribution in [0.3, 0.4) is 0 Å². The SMILES string of the molecule is Br.CC(=O)O.O.O.O.O.[H-].[Na+]. The molecule has 0 saturated carbocycles. The van der Waals surface area contributed by atoms with Crippen LogP contribution in [0.4, 0.5) is 0 Å². The van der Waals surface area contributed by atoms with Crippen molar-refractivity contribution in [3.05, 3.63) is 0 Å². The van der Waals surface area contributed by atoms with Crippen LogP contribution in [0.25, 0.3) is 0 Å². The Bertz CT molecular complexity index is 43.6. The van der Waals surface area contributed by atoms with E-state index in [1.54, 1.807) is 0 Å². The molecule has 0 aromatic carbocycles. The van der Waals surface area contributed by atoms with E-state index in [-0.39, 0.29) is 69.9 Å². The van der Waals surface area contributed by atoms with Crippen LogP contribution in [0, 0.1) is 0 Å². The third kappa shape index (κ3) is 855. The molecule has 0 aliphatic heterocycles. The monoisotopic (exact) mass is 236 g/mol. The Hall–Kier alpha value is 0.790. The predicted octanol–water partition coefficient (Wildman–Crippen LogP) is -5.51. The number of carboxylic acids is 1. The van der Waals surface area contributed by atoms with Crippen molar-refractivity contribution >= 4 is 23.0 Å². The Balaban J connectivity index is -0.00000000214. The van der Waals surface area contributed by atoms with Crippen molar-refractivity contribution in [2.75, 3.05) is 0 Å². The van der Waals surface area contributed by atoms with Crippen LogP contribution < -0.4 is 29.6 Å². The summed E-state index contributed by atoms with van der Waals surface area (Å²) in [6.45, 7) is 1.08. The molecular weight excluding hydrogens is 223 g/mol. The van der Waals surface area contributed by atoms with Gasteiger partial charge in [0.05, 0.1) is 0 Å². The number of hydrogen-bond acceptors (Lipinski definition) is 1. The van der Waals surface area contributed by atoms with Gasteiger partial charge in [-0.3, -0.25) is 4.79 Å². The number of halogens is 1. The van der Waals surface area contributed by atoms with Gasteiger partial charge in [-0.15, -0.1) is 17.0 Å². The zero-order valence-corrected chi connectivity index (χ0v) is 9.48. The van der Waals surface area contributed by atoms with E-state index in [9.17, 15) is 0 Å². The van der Waals surface area contributed by atoms with E-state index in [2.05, 4.69) is 0 Å². The second-order valence-electron chi connectivity index (χ2n) is 0.519. The third-order valence-corrected chi connectivity index (χ3v) is 0. The molecule has 0 fully saturated rings. The van der Waals surface area contributed by atoms with E-state index in [0.717, 1.165) is 6.92 Å². The molecule has 0 atom stereocenters. The number of carboxylic acid groups (broad SMARTS) is 1. The molecule has 0 amide bonds. The quantitative estimate of drug-likeness (QED) is 0.415. The van der Waals surface area contributed by atoms with E-state index >= 15 is 0 Å². The first kappa shape index (κ1) is 72.0. The van der Waals surface area contributed by atoms with Gasteiger partial charge in [-0.25, -0.2) is 0 Å². The Morgan fingerprint density at radius 2 is 1.20 bits per heavy atom. The van der Waals surface area contributed by atoms with Crippen molar-refractivity contribution in [2.24, 2.45) is 0 Å². The smallest absolute Gasteiger partial charge is 1.00 e. The summed E-state index contributed by atoms with van der Waals surface area (Å²) in [6.07, 6.45) is 0. The summed E-state index contributed by atoms with van der Waals surface area (Å²) in [4.78, 5) is 9.00. The maximum Gasteiger partial charge on any atom is 1.00 e. The molecule has 0 aliphatic rings. The fourth-order valence-electron chi connectivity index (χ4n) is 0. The second kappa shape index (κ2) is 52.7. The van der Waals surface area contributed by atoms with Gasteiger partial charge in [0.1, 0.15) is 0 Å². The molecule has 0 aromatic heterocycles. The van der Waals surface area contributed by atoms with Crippen LogP contribution in [0.5, 0.6) is 0 Å². The molecule has 66 valence electrons. The number of rotatable bonds is 0. The maximum atomic E-state index is 9.00. The normalized spacial score (nSPS) is 2.50. The summed E-state index contributed by atoms with van der Waals surface area (Å²) < 4.78 is 0. The standard InChI is InChI=1S/C2H4O2.BrH.Na.4H2O.H/c1-2(3)4;;;;;;;/h1H3,(H,3,4);1H;;4*1H2;/q;;+1;;;;;-1. The average Bonchev–Trinajstić information content (AvgIpc) is 0.811. The second-order valence-corrected chi connectivity index (χ2v) is 0.519. The van der Waals surface area contributed by atoms with Gasteiger partial charge in [-0.1, -0.05) is 0 Å². The Labute approximate surface area is 92.4 Å². The Morgan fingerprint density at radius 1 is 1.20 bits per heavy atom. The first-order chi connectivity index (χ1) is 1.73. The molecule has 0 heterocycles. The van der Waals surface area contributed by atoms with Gasteiger partial charge in [0.2, 0.25) is 0 Å². The summed E-state index contributed by atoms with van der Waals surface area (Å²) >= 11 is 0. The van der Waals surface area contributed by atoms with E-state index in [4.69, 9.17) is 9.90 Å². The molecule has 0 spiro atoms. The largest absolute Gasteiger partial charge is 1.00 e. The first-order valence-corrected chi connectivity index (χ1v) is 0.928. The molecule has 0 bridgehead atoms. The van der Waals surface area contributed by atoms with Gasteiger partial charge in [-0.2, -0.15) is 0 Å². The number of carbonyl (C=O) groups is 1. The van der Waals surface area contributed by atoms with E-state index < -0.39 is 5.97 Å². The van der Waals surface area contributed by atoms with E-state index in [1.165, 1.54) is 0 Å². The first-order valence-electron chi connectivity index (χ1n) is 0.928. The van der Waals surface area contributed by atoms with Gasteiger partial charge >= 0.3 is 29.6 Å². The molecule has 0 radical (unpaired) electrons. The van der Waals surface area contributed by atoms with Gasteiger partial charge in [0.25, 0.3) is 5.97 Å². The molecule has 9 N–H and O–H groups in total. The van der Waals surface area contributed by atoms with Crippen LogP contribution in [0.15, 0.2) is 0 Å². The van der Waals surface area contributed by atoms with Crippen LogP contribution >= 0.6 is 17.0 Å². The molecule has 0 saturated heterocycles. The van der Waals surface area contributed by atoms with Crippen molar-refractivity contribution in [3.8, 4) is 0 Å². The van der Waals surface area contributed by atoms with Gasteiger partial charge < -0.3 is 28.4 Å². The topological polar surface area (TPSA) is 163 Å². The van der Waals surface area contributed by atoms with Crippen molar-refractivity contribution in [3.63, 3.8) is 0 Å². The minimum Gasteiger partial charge on any atom is -1.00 e. The van der Waals surface area contributed by atoms with Gasteiger partial charge in [-0.05, 0) is 0 Å². The predicted molar refractivity (Wildman–Crippen MR) is 39.2 cm³/mol. The maximum absolute atomic E-state index is 9.00. The van der Waals surface area contributed by atoms with E-state index in [0.29, 0.717) is 0 Å². The molecule has 0 unspecified atom stereocenters. The van der Waals surface area contributed by atoms with Crippen LogP contribution in [0.1, 0.15) is 8.35 Å². The molecule has 0 rings (SSSR count). The molecule has 10 heavy (non-hydrogen) atoms. The summed E-state index contributed by atoms with van der Waals surface area (Å²) in [5, 5.41) is 7.42. The summed E-state index contributed by atoms with van der Waals surface area (Å²) in [5.41, 5.74) is 0. The van der Waals surface area contributed by atoms with Crippen LogP contribution in [-0.4, -0.2) is 33.0 Å². The zero-order valence-electron chi connectivity index (χ0n) is 6.76. The minimum absolute atomic E-state index is 0.